The number of anilines is 1. The molecule has 6 nitrogen and oxygen atoms in total. The zero-order chi connectivity index (χ0) is 25.8. The molecule has 0 aliphatic heterocycles. The van der Waals surface area contributed by atoms with E-state index in [-0.39, 0.29) is 5.97 Å². The molecule has 0 saturated heterocycles. The van der Waals surface area contributed by atoms with Gasteiger partial charge >= 0.3 is 5.97 Å². The first-order valence-corrected chi connectivity index (χ1v) is 12.0. The zero-order valence-corrected chi connectivity index (χ0v) is 20.7. The average molecular weight is 487 g/mol. The van der Waals surface area contributed by atoms with Crippen molar-refractivity contribution in [1.82, 2.24) is 9.55 Å². The second-order valence-corrected chi connectivity index (χ2v) is 8.87. The Morgan fingerprint density at radius 2 is 1.84 bits per heavy atom. The van der Waals surface area contributed by atoms with Crippen molar-refractivity contribution in [3.63, 3.8) is 0 Å². The summed E-state index contributed by atoms with van der Waals surface area (Å²) >= 11 is 0. The topological polar surface area (TPSA) is 79.9 Å². The fourth-order valence-electron chi connectivity index (χ4n) is 4.68. The van der Waals surface area contributed by atoms with E-state index in [1.165, 1.54) is 7.11 Å². The SMILES string of the molecule is COC(=O)c1cccc(CNc2ccc(C(C#N)c3cncn3C)c(-c3cccc4ccccc34)c2)c1. The molecule has 0 radical (unpaired) electrons. The Kier molecular flexibility index (Phi) is 6.69. The fourth-order valence-corrected chi connectivity index (χ4v) is 4.68. The minimum Gasteiger partial charge on any atom is -0.465 e. The summed E-state index contributed by atoms with van der Waals surface area (Å²) in [6.45, 7) is 0.530. The van der Waals surface area contributed by atoms with Crippen molar-refractivity contribution in [2.24, 2.45) is 7.05 Å². The van der Waals surface area contributed by atoms with Crippen LogP contribution < -0.4 is 5.32 Å². The lowest BCUT2D eigenvalue weighted by Gasteiger charge is -2.19. The second-order valence-electron chi connectivity index (χ2n) is 8.87. The molecule has 0 amide bonds. The van der Waals surface area contributed by atoms with Crippen LogP contribution >= 0.6 is 0 Å². The van der Waals surface area contributed by atoms with Gasteiger partial charge in [0.1, 0.15) is 5.92 Å². The lowest BCUT2D eigenvalue weighted by molar-refractivity contribution is 0.0600. The molecule has 182 valence electrons. The van der Waals surface area contributed by atoms with E-state index in [0.717, 1.165) is 44.4 Å². The van der Waals surface area contributed by atoms with E-state index in [4.69, 9.17) is 4.74 Å². The van der Waals surface area contributed by atoms with E-state index in [9.17, 15) is 10.1 Å². The van der Waals surface area contributed by atoms with Crippen LogP contribution in [0.5, 0.6) is 0 Å². The highest BCUT2D eigenvalue weighted by molar-refractivity contribution is 5.98. The quantitative estimate of drug-likeness (QED) is 0.273. The number of methoxy groups -OCH3 is 1. The first-order valence-electron chi connectivity index (χ1n) is 12.0. The number of hydrogen-bond donors (Lipinski definition) is 1. The van der Waals surface area contributed by atoms with E-state index in [1.807, 2.05) is 60.1 Å². The maximum absolute atomic E-state index is 11.9. The van der Waals surface area contributed by atoms with Crippen LogP contribution in [-0.4, -0.2) is 22.6 Å². The number of esters is 1. The van der Waals surface area contributed by atoms with Crippen molar-refractivity contribution in [2.75, 3.05) is 12.4 Å². The first-order chi connectivity index (χ1) is 18.1. The van der Waals surface area contributed by atoms with E-state index in [0.29, 0.717) is 12.1 Å². The van der Waals surface area contributed by atoms with Crippen LogP contribution in [-0.2, 0) is 18.3 Å². The molecule has 0 aliphatic rings. The van der Waals surface area contributed by atoms with Crippen LogP contribution in [0.2, 0.25) is 0 Å². The standard InChI is InChI=1S/C31H26N4O2/c1-35-20-33-19-30(35)29(17-32)27-14-13-24(34-18-21-7-5-10-23(15-21)31(36)37-2)16-28(27)26-12-6-9-22-8-3-4-11-25(22)26/h3-16,19-20,29,34H,18H2,1-2H3. The summed E-state index contributed by atoms with van der Waals surface area (Å²) in [5.74, 6) is -0.839. The monoisotopic (exact) mass is 486 g/mol. The maximum Gasteiger partial charge on any atom is 0.337 e. The summed E-state index contributed by atoms with van der Waals surface area (Å²) in [6.07, 6.45) is 3.47. The number of hydrogen-bond acceptors (Lipinski definition) is 5. The second kappa shape index (κ2) is 10.4. The van der Waals surface area contributed by atoms with Gasteiger partial charge in [0.25, 0.3) is 0 Å². The zero-order valence-electron chi connectivity index (χ0n) is 20.7. The Balaban J connectivity index is 1.58. The van der Waals surface area contributed by atoms with Gasteiger partial charge in [0, 0.05) is 25.5 Å². The number of nitrogens with zero attached hydrogens (tertiary/aromatic N) is 3. The Morgan fingerprint density at radius 1 is 1.03 bits per heavy atom. The van der Waals surface area contributed by atoms with Crippen LogP contribution in [0.15, 0.2) is 97.5 Å². The molecule has 1 heterocycles. The summed E-state index contributed by atoms with van der Waals surface area (Å²) in [5.41, 5.74) is 6.19. The number of carbonyl (C=O) groups excluding carboxylic acids is 1. The van der Waals surface area contributed by atoms with Gasteiger partial charge in [-0.1, -0.05) is 60.7 Å². The third-order valence-electron chi connectivity index (χ3n) is 6.57. The number of aryl methyl sites for hydroxylation is 1. The molecule has 5 aromatic rings. The number of carbonyl (C=O) groups is 1. The highest BCUT2D eigenvalue weighted by Crippen LogP contribution is 2.38. The van der Waals surface area contributed by atoms with Gasteiger partial charge in [-0.2, -0.15) is 5.26 Å². The van der Waals surface area contributed by atoms with Crippen molar-refractivity contribution in [3.05, 3.63) is 120 Å². The molecule has 1 aromatic heterocycles. The number of ether oxygens (including phenoxy) is 1. The highest BCUT2D eigenvalue weighted by Gasteiger charge is 2.22. The van der Waals surface area contributed by atoms with Crippen LogP contribution in [0.1, 0.15) is 33.1 Å². The van der Waals surface area contributed by atoms with Gasteiger partial charge in [0.2, 0.25) is 0 Å². The fraction of sp³-hybridized carbons (Fsp3) is 0.129. The minimum atomic E-state index is -0.479. The smallest absolute Gasteiger partial charge is 0.337 e. The van der Waals surface area contributed by atoms with E-state index < -0.39 is 5.92 Å². The van der Waals surface area contributed by atoms with E-state index in [2.05, 4.69) is 46.7 Å². The summed E-state index contributed by atoms with van der Waals surface area (Å²) < 4.78 is 6.74. The molecule has 37 heavy (non-hydrogen) atoms. The number of imidazole rings is 1. The van der Waals surface area contributed by atoms with Gasteiger partial charge in [-0.25, -0.2) is 9.78 Å². The van der Waals surface area contributed by atoms with Crippen molar-refractivity contribution < 1.29 is 9.53 Å². The molecule has 0 spiro atoms. The number of rotatable bonds is 7. The van der Waals surface area contributed by atoms with Crippen LogP contribution in [0.25, 0.3) is 21.9 Å². The number of benzene rings is 4. The number of fused-ring (bicyclic) bond motifs is 1. The molecule has 0 bridgehead atoms. The summed E-state index contributed by atoms with van der Waals surface area (Å²) in [5, 5.41) is 16.0. The Bertz CT molecular complexity index is 1620. The maximum atomic E-state index is 11.9. The van der Waals surface area contributed by atoms with Gasteiger partial charge < -0.3 is 14.6 Å². The molecule has 0 fully saturated rings. The van der Waals surface area contributed by atoms with E-state index in [1.54, 1.807) is 18.6 Å². The first kappa shape index (κ1) is 23.8. The third-order valence-corrected chi connectivity index (χ3v) is 6.57. The lowest BCUT2D eigenvalue weighted by atomic mass is 9.87. The molecular weight excluding hydrogens is 460 g/mol. The predicted octanol–water partition coefficient (Wildman–Crippen LogP) is 6.29. The molecular formula is C31H26N4O2. The lowest BCUT2D eigenvalue weighted by Crippen LogP contribution is -2.07. The van der Waals surface area contributed by atoms with Crippen LogP contribution in [0, 0.1) is 11.3 Å². The normalized spacial score (nSPS) is 11.6. The molecule has 1 N–H and O–H groups in total. The highest BCUT2D eigenvalue weighted by atomic mass is 16.5. The molecule has 6 heteroatoms. The van der Waals surface area contributed by atoms with Gasteiger partial charge in [-0.05, 0) is 57.3 Å². The average Bonchev–Trinajstić information content (AvgIpc) is 3.37. The van der Waals surface area contributed by atoms with Crippen molar-refractivity contribution in [2.45, 2.75) is 12.5 Å². The predicted molar refractivity (Wildman–Crippen MR) is 145 cm³/mol. The van der Waals surface area contributed by atoms with Gasteiger partial charge in [0.05, 0.1) is 30.8 Å². The Hall–Kier alpha value is -4.89. The summed E-state index contributed by atoms with van der Waals surface area (Å²) in [7, 11) is 3.28. The Labute approximate surface area is 215 Å². The Morgan fingerprint density at radius 3 is 2.62 bits per heavy atom. The number of nitriles is 1. The van der Waals surface area contributed by atoms with Gasteiger partial charge in [-0.15, -0.1) is 0 Å². The van der Waals surface area contributed by atoms with Gasteiger partial charge in [-0.3, -0.25) is 0 Å². The molecule has 0 aliphatic carbocycles. The summed E-state index contributed by atoms with van der Waals surface area (Å²) in [6, 6.07) is 30.5. The van der Waals surface area contributed by atoms with Crippen molar-refractivity contribution in [3.8, 4) is 17.2 Å². The molecule has 1 atom stereocenters. The van der Waals surface area contributed by atoms with Crippen LogP contribution in [0.4, 0.5) is 5.69 Å². The largest absolute Gasteiger partial charge is 0.465 e. The molecule has 0 saturated carbocycles. The van der Waals surface area contributed by atoms with Gasteiger partial charge in [0.15, 0.2) is 0 Å². The molecule has 5 rings (SSSR count). The minimum absolute atomic E-state index is 0.359. The number of aromatic nitrogens is 2. The molecule has 4 aromatic carbocycles. The van der Waals surface area contributed by atoms with Crippen molar-refractivity contribution >= 4 is 22.4 Å². The molecule has 1 unspecified atom stereocenters. The van der Waals surface area contributed by atoms with Crippen LogP contribution in [0.3, 0.4) is 0 Å². The van der Waals surface area contributed by atoms with Crippen molar-refractivity contribution in [1.29, 1.82) is 5.26 Å². The third kappa shape index (κ3) is 4.80. The number of nitrogens with one attached hydrogen (secondary N) is 1. The summed E-state index contributed by atoms with van der Waals surface area (Å²) in [4.78, 5) is 16.2. The van der Waals surface area contributed by atoms with E-state index >= 15 is 0 Å².